The quantitative estimate of drug-likeness (QED) is 0.479. The number of nitrogens with zero attached hydrogens (tertiary/aromatic N) is 4. The minimum Gasteiger partial charge on any atom is -0.295 e. The predicted octanol–water partition coefficient (Wildman–Crippen LogP) is 4.29. The van der Waals surface area contributed by atoms with Crippen molar-refractivity contribution in [3.8, 4) is 17.1 Å². The Labute approximate surface area is 170 Å². The third-order valence-corrected chi connectivity index (χ3v) is 5.03. The maximum Gasteiger partial charge on any atom is 0.258 e. The van der Waals surface area contributed by atoms with Gasteiger partial charge in [0.25, 0.3) is 5.91 Å². The third-order valence-electron chi connectivity index (χ3n) is 4.04. The van der Waals surface area contributed by atoms with E-state index in [1.165, 1.54) is 0 Å². The van der Waals surface area contributed by atoms with Gasteiger partial charge in [0.2, 0.25) is 5.95 Å². The second kappa shape index (κ2) is 7.87. The largest absolute Gasteiger partial charge is 0.295 e. The van der Waals surface area contributed by atoms with Crippen molar-refractivity contribution in [1.82, 2.24) is 24.7 Å². The van der Waals surface area contributed by atoms with Gasteiger partial charge >= 0.3 is 0 Å². The van der Waals surface area contributed by atoms with Gasteiger partial charge in [0.1, 0.15) is 0 Å². The van der Waals surface area contributed by atoms with E-state index in [1.807, 2.05) is 47.4 Å². The SMILES string of the molecule is CSc1nccn1-c1ccc(C(=O)Nc2n[nH]c(-c3ccccc3Cl)n2)cc1. The molecule has 0 bridgehead atoms. The molecule has 0 unspecified atom stereocenters. The first-order chi connectivity index (χ1) is 13.7. The minimum atomic E-state index is -0.299. The van der Waals surface area contributed by atoms with E-state index in [2.05, 4.69) is 25.5 Å². The Morgan fingerprint density at radius 3 is 2.71 bits per heavy atom. The van der Waals surface area contributed by atoms with Gasteiger partial charge in [0.15, 0.2) is 11.0 Å². The molecule has 2 aromatic heterocycles. The molecule has 9 heteroatoms. The number of amides is 1. The first-order valence-corrected chi connectivity index (χ1v) is 9.92. The van der Waals surface area contributed by atoms with Crippen molar-refractivity contribution in [3.63, 3.8) is 0 Å². The van der Waals surface area contributed by atoms with Crippen LogP contribution in [0.5, 0.6) is 0 Å². The molecule has 0 spiro atoms. The summed E-state index contributed by atoms with van der Waals surface area (Å²) in [5.41, 5.74) is 2.14. The van der Waals surface area contributed by atoms with Gasteiger partial charge in [-0.2, -0.15) is 4.98 Å². The van der Waals surface area contributed by atoms with E-state index in [0.29, 0.717) is 22.0 Å². The number of carbonyl (C=O) groups is 1. The molecule has 7 nitrogen and oxygen atoms in total. The molecule has 140 valence electrons. The molecular weight excluding hydrogens is 396 g/mol. The number of anilines is 1. The van der Waals surface area contributed by atoms with Crippen LogP contribution in [0.25, 0.3) is 17.1 Å². The molecule has 0 fully saturated rings. The second-order valence-corrected chi connectivity index (χ2v) is 6.95. The third kappa shape index (κ3) is 3.64. The Hall–Kier alpha value is -3.10. The Morgan fingerprint density at radius 2 is 1.96 bits per heavy atom. The van der Waals surface area contributed by atoms with E-state index in [9.17, 15) is 4.79 Å². The van der Waals surface area contributed by atoms with Gasteiger partial charge in [0.05, 0.1) is 5.02 Å². The smallest absolute Gasteiger partial charge is 0.258 e. The summed E-state index contributed by atoms with van der Waals surface area (Å²) in [5, 5.41) is 10.9. The molecule has 2 N–H and O–H groups in total. The minimum absolute atomic E-state index is 0.184. The Kier molecular flexibility index (Phi) is 5.14. The van der Waals surface area contributed by atoms with Crippen molar-refractivity contribution in [2.45, 2.75) is 5.16 Å². The van der Waals surface area contributed by atoms with Crippen molar-refractivity contribution in [3.05, 3.63) is 71.5 Å². The summed E-state index contributed by atoms with van der Waals surface area (Å²) in [4.78, 5) is 21.1. The lowest BCUT2D eigenvalue weighted by Crippen LogP contribution is -2.13. The van der Waals surface area contributed by atoms with Gasteiger partial charge in [-0.05, 0) is 42.7 Å². The predicted molar refractivity (Wildman–Crippen MR) is 110 cm³/mol. The average molecular weight is 411 g/mol. The lowest BCUT2D eigenvalue weighted by atomic mass is 10.2. The Bertz CT molecular complexity index is 1120. The molecule has 2 heterocycles. The zero-order chi connectivity index (χ0) is 19.5. The van der Waals surface area contributed by atoms with Gasteiger partial charge < -0.3 is 0 Å². The van der Waals surface area contributed by atoms with Crippen LogP contribution in [-0.4, -0.2) is 36.9 Å². The summed E-state index contributed by atoms with van der Waals surface area (Å²) in [5.74, 6) is 0.371. The van der Waals surface area contributed by atoms with Crippen molar-refractivity contribution in [2.75, 3.05) is 11.6 Å². The standard InChI is InChI=1S/C19H15ClN6OS/c1-28-19-21-10-11-26(19)13-8-6-12(7-9-13)17(27)23-18-22-16(24-25-18)14-4-2-3-5-15(14)20/h2-11H,1H3,(H2,22,23,24,25,27). The van der Waals surface area contributed by atoms with Crippen LogP contribution in [0, 0.1) is 0 Å². The van der Waals surface area contributed by atoms with Crippen molar-refractivity contribution in [1.29, 1.82) is 0 Å². The van der Waals surface area contributed by atoms with Crippen LogP contribution in [0.15, 0.2) is 66.1 Å². The molecule has 0 aliphatic carbocycles. The zero-order valence-corrected chi connectivity index (χ0v) is 16.3. The van der Waals surface area contributed by atoms with Crippen LogP contribution in [0.1, 0.15) is 10.4 Å². The first kappa shape index (κ1) is 18.3. The fourth-order valence-electron chi connectivity index (χ4n) is 2.68. The molecule has 28 heavy (non-hydrogen) atoms. The lowest BCUT2D eigenvalue weighted by molar-refractivity contribution is 0.102. The molecule has 0 saturated carbocycles. The molecule has 0 atom stereocenters. The summed E-state index contributed by atoms with van der Waals surface area (Å²) in [6, 6.07) is 14.5. The highest BCUT2D eigenvalue weighted by atomic mass is 35.5. The van der Waals surface area contributed by atoms with Crippen LogP contribution in [0.2, 0.25) is 5.02 Å². The molecule has 0 radical (unpaired) electrons. The zero-order valence-electron chi connectivity index (χ0n) is 14.8. The second-order valence-electron chi connectivity index (χ2n) is 5.77. The van der Waals surface area contributed by atoms with E-state index >= 15 is 0 Å². The number of thioether (sulfide) groups is 1. The maximum atomic E-state index is 12.5. The summed E-state index contributed by atoms with van der Waals surface area (Å²) in [6.45, 7) is 0. The molecule has 0 aliphatic rings. The summed E-state index contributed by atoms with van der Waals surface area (Å²) >= 11 is 7.72. The van der Waals surface area contributed by atoms with Crippen molar-refractivity contribution in [2.24, 2.45) is 0 Å². The Morgan fingerprint density at radius 1 is 1.18 bits per heavy atom. The summed E-state index contributed by atoms with van der Waals surface area (Å²) in [6.07, 6.45) is 5.59. The number of hydrogen-bond acceptors (Lipinski definition) is 5. The van der Waals surface area contributed by atoms with E-state index in [0.717, 1.165) is 10.8 Å². The van der Waals surface area contributed by atoms with E-state index in [4.69, 9.17) is 11.6 Å². The van der Waals surface area contributed by atoms with Gasteiger partial charge in [-0.3, -0.25) is 19.8 Å². The first-order valence-electron chi connectivity index (χ1n) is 8.32. The normalized spacial score (nSPS) is 10.8. The number of nitrogens with one attached hydrogen (secondary N) is 2. The monoisotopic (exact) mass is 410 g/mol. The average Bonchev–Trinajstić information content (AvgIpc) is 3.38. The number of aromatic amines is 1. The molecule has 4 aromatic rings. The van der Waals surface area contributed by atoms with Crippen LogP contribution in [0.3, 0.4) is 0 Å². The maximum absolute atomic E-state index is 12.5. The van der Waals surface area contributed by atoms with Gasteiger partial charge in [-0.15, -0.1) is 5.10 Å². The number of H-pyrrole nitrogens is 1. The highest BCUT2D eigenvalue weighted by molar-refractivity contribution is 7.98. The molecular formula is C19H15ClN6OS. The number of carbonyl (C=O) groups excluding carboxylic acids is 1. The molecule has 0 saturated heterocycles. The fourth-order valence-corrected chi connectivity index (χ4v) is 3.43. The van der Waals surface area contributed by atoms with Gasteiger partial charge in [-0.1, -0.05) is 35.5 Å². The van der Waals surface area contributed by atoms with Crippen molar-refractivity contribution < 1.29 is 4.79 Å². The van der Waals surface area contributed by atoms with Gasteiger partial charge in [0, 0.05) is 29.2 Å². The summed E-state index contributed by atoms with van der Waals surface area (Å²) < 4.78 is 1.96. The topological polar surface area (TPSA) is 88.5 Å². The molecule has 2 aromatic carbocycles. The number of aromatic nitrogens is 5. The molecule has 4 rings (SSSR count). The lowest BCUT2D eigenvalue weighted by Gasteiger charge is -2.07. The summed E-state index contributed by atoms with van der Waals surface area (Å²) in [7, 11) is 0. The van der Waals surface area contributed by atoms with Crippen LogP contribution in [0.4, 0.5) is 5.95 Å². The van der Waals surface area contributed by atoms with E-state index in [-0.39, 0.29) is 11.9 Å². The molecule has 1 amide bonds. The number of imidazole rings is 1. The number of hydrogen-bond donors (Lipinski definition) is 2. The highest BCUT2D eigenvalue weighted by Gasteiger charge is 2.13. The van der Waals surface area contributed by atoms with Crippen LogP contribution < -0.4 is 5.32 Å². The van der Waals surface area contributed by atoms with Gasteiger partial charge in [-0.25, -0.2) is 4.98 Å². The number of halogens is 1. The van der Waals surface area contributed by atoms with Crippen LogP contribution >= 0.6 is 23.4 Å². The molecule has 0 aliphatic heterocycles. The number of benzene rings is 2. The number of rotatable bonds is 5. The fraction of sp³-hybridized carbons (Fsp3) is 0.0526. The highest BCUT2D eigenvalue weighted by Crippen LogP contribution is 2.25. The van der Waals surface area contributed by atoms with E-state index < -0.39 is 0 Å². The Balaban J connectivity index is 1.49. The van der Waals surface area contributed by atoms with E-state index in [1.54, 1.807) is 36.2 Å². The van der Waals surface area contributed by atoms with Crippen LogP contribution in [-0.2, 0) is 0 Å². The van der Waals surface area contributed by atoms with Crippen molar-refractivity contribution >= 4 is 35.2 Å².